The quantitative estimate of drug-likeness (QED) is 0.557. The van der Waals surface area contributed by atoms with Gasteiger partial charge in [-0.05, 0) is 56.1 Å². The third kappa shape index (κ3) is 5.31. The van der Waals surface area contributed by atoms with Crippen molar-refractivity contribution in [2.45, 2.75) is 32.9 Å². The van der Waals surface area contributed by atoms with Gasteiger partial charge in [0.15, 0.2) is 0 Å². The fraction of sp³-hybridized carbons (Fsp3) is 0.300. The van der Waals surface area contributed by atoms with Gasteiger partial charge in [-0.3, -0.25) is 10.1 Å². The molecule has 136 valence electrons. The van der Waals surface area contributed by atoms with Crippen LogP contribution in [0.3, 0.4) is 0 Å². The lowest BCUT2D eigenvalue weighted by Gasteiger charge is -2.13. The molecule has 0 saturated carbocycles. The van der Waals surface area contributed by atoms with Gasteiger partial charge in [-0.1, -0.05) is 17.7 Å². The van der Waals surface area contributed by atoms with Gasteiger partial charge in [0.2, 0.25) is 0 Å². The fourth-order valence-corrected chi connectivity index (χ4v) is 2.92. The van der Waals surface area contributed by atoms with Crippen LogP contribution in [0.25, 0.3) is 0 Å². The molecule has 5 nitrogen and oxygen atoms in total. The maximum Gasteiger partial charge on any atom is 0.124 e. The van der Waals surface area contributed by atoms with Crippen LogP contribution >= 0.6 is 11.6 Å². The number of nitrogens with zero attached hydrogens (tertiary/aromatic N) is 2. The summed E-state index contributed by atoms with van der Waals surface area (Å²) in [6.45, 7) is 4.17. The van der Waals surface area contributed by atoms with Crippen LogP contribution in [0.1, 0.15) is 28.8 Å². The molecule has 6 heteroatoms. The Kier molecular flexibility index (Phi) is 6.63. The number of aromatic nitrogens is 3. The molecule has 2 heterocycles. The lowest BCUT2D eigenvalue weighted by atomic mass is 10.1. The molecule has 2 N–H and O–H groups in total. The summed E-state index contributed by atoms with van der Waals surface area (Å²) in [5.74, 6) is 0.844. The SMILES string of the molecule is Cc1[nH]ncc1CCCNCc1cc(Cl)ccc1OCc1cccnc1. The van der Waals surface area contributed by atoms with E-state index in [4.69, 9.17) is 16.3 Å². The molecule has 0 unspecified atom stereocenters. The number of H-pyrrole nitrogens is 1. The first-order chi connectivity index (χ1) is 12.7. The minimum Gasteiger partial charge on any atom is -0.489 e. The highest BCUT2D eigenvalue weighted by Gasteiger charge is 2.06. The molecule has 0 aliphatic rings. The first-order valence-electron chi connectivity index (χ1n) is 8.72. The molecule has 0 spiro atoms. The van der Waals surface area contributed by atoms with E-state index in [9.17, 15) is 0 Å². The van der Waals surface area contributed by atoms with E-state index in [1.165, 1.54) is 5.56 Å². The van der Waals surface area contributed by atoms with Crippen molar-refractivity contribution in [3.63, 3.8) is 0 Å². The van der Waals surface area contributed by atoms with Gasteiger partial charge in [-0.2, -0.15) is 5.10 Å². The zero-order chi connectivity index (χ0) is 18.2. The molecule has 3 aromatic rings. The second-order valence-corrected chi connectivity index (χ2v) is 6.64. The molecule has 0 amide bonds. The molecule has 0 aliphatic carbocycles. The van der Waals surface area contributed by atoms with E-state index >= 15 is 0 Å². The Morgan fingerprint density at radius 3 is 2.88 bits per heavy atom. The third-order valence-electron chi connectivity index (χ3n) is 4.19. The van der Waals surface area contributed by atoms with Gasteiger partial charge in [0.25, 0.3) is 0 Å². The summed E-state index contributed by atoms with van der Waals surface area (Å²) in [6.07, 6.45) is 7.52. The number of aryl methyl sites for hydroxylation is 2. The third-order valence-corrected chi connectivity index (χ3v) is 4.42. The lowest BCUT2D eigenvalue weighted by Crippen LogP contribution is -2.16. The number of rotatable bonds is 9. The Balaban J connectivity index is 1.50. The summed E-state index contributed by atoms with van der Waals surface area (Å²) in [5.41, 5.74) is 4.51. The zero-order valence-electron chi connectivity index (χ0n) is 14.8. The number of ether oxygens (including phenoxy) is 1. The molecule has 0 bridgehead atoms. The van der Waals surface area contributed by atoms with E-state index in [0.29, 0.717) is 18.2 Å². The van der Waals surface area contributed by atoms with Gasteiger partial charge in [0, 0.05) is 40.8 Å². The van der Waals surface area contributed by atoms with Gasteiger partial charge in [-0.25, -0.2) is 0 Å². The summed E-state index contributed by atoms with van der Waals surface area (Å²) in [4.78, 5) is 4.11. The molecule has 0 aliphatic heterocycles. The average Bonchev–Trinajstić information content (AvgIpc) is 3.06. The molecule has 0 atom stereocenters. The number of aromatic amines is 1. The van der Waals surface area contributed by atoms with Crippen molar-refractivity contribution in [2.24, 2.45) is 0 Å². The summed E-state index contributed by atoms with van der Waals surface area (Å²) in [5, 5.41) is 11.2. The van der Waals surface area contributed by atoms with Crippen molar-refractivity contribution in [1.82, 2.24) is 20.5 Å². The zero-order valence-corrected chi connectivity index (χ0v) is 15.6. The largest absolute Gasteiger partial charge is 0.489 e. The smallest absolute Gasteiger partial charge is 0.124 e. The Bertz CT molecular complexity index is 820. The number of halogens is 1. The fourth-order valence-electron chi connectivity index (χ4n) is 2.73. The lowest BCUT2D eigenvalue weighted by molar-refractivity contribution is 0.301. The highest BCUT2D eigenvalue weighted by atomic mass is 35.5. The predicted molar refractivity (Wildman–Crippen MR) is 103 cm³/mol. The van der Waals surface area contributed by atoms with Gasteiger partial charge in [-0.15, -0.1) is 0 Å². The second-order valence-electron chi connectivity index (χ2n) is 6.20. The highest BCUT2D eigenvalue weighted by molar-refractivity contribution is 6.30. The molecule has 2 aromatic heterocycles. The first-order valence-corrected chi connectivity index (χ1v) is 9.10. The molecule has 3 rings (SSSR count). The van der Waals surface area contributed by atoms with Crippen LogP contribution < -0.4 is 10.1 Å². The van der Waals surface area contributed by atoms with E-state index in [0.717, 1.165) is 42.0 Å². The number of benzene rings is 1. The minimum atomic E-state index is 0.488. The second kappa shape index (κ2) is 9.36. The Hall–Kier alpha value is -2.37. The van der Waals surface area contributed by atoms with Crippen LogP contribution in [0.4, 0.5) is 0 Å². The Morgan fingerprint density at radius 2 is 2.12 bits per heavy atom. The van der Waals surface area contributed by atoms with Crippen LogP contribution in [0.5, 0.6) is 5.75 Å². The number of nitrogens with one attached hydrogen (secondary N) is 2. The van der Waals surface area contributed by atoms with Crippen LogP contribution in [0, 0.1) is 6.92 Å². The van der Waals surface area contributed by atoms with Crippen molar-refractivity contribution >= 4 is 11.6 Å². The summed E-state index contributed by atoms with van der Waals surface area (Å²) < 4.78 is 5.96. The molecule has 1 aromatic carbocycles. The van der Waals surface area contributed by atoms with E-state index in [1.54, 1.807) is 6.20 Å². The van der Waals surface area contributed by atoms with Crippen LogP contribution in [0.2, 0.25) is 5.02 Å². The van der Waals surface area contributed by atoms with Crippen molar-refractivity contribution in [3.8, 4) is 5.75 Å². The van der Waals surface area contributed by atoms with Crippen molar-refractivity contribution in [1.29, 1.82) is 0 Å². The van der Waals surface area contributed by atoms with E-state index in [-0.39, 0.29) is 0 Å². The van der Waals surface area contributed by atoms with Gasteiger partial charge < -0.3 is 10.1 Å². The minimum absolute atomic E-state index is 0.488. The van der Waals surface area contributed by atoms with E-state index in [1.807, 2.05) is 49.6 Å². The van der Waals surface area contributed by atoms with E-state index in [2.05, 4.69) is 20.5 Å². The molecule has 0 radical (unpaired) electrons. The first kappa shape index (κ1) is 18.4. The van der Waals surface area contributed by atoms with Crippen LogP contribution in [-0.4, -0.2) is 21.7 Å². The molecule has 0 saturated heterocycles. The Labute approximate surface area is 158 Å². The number of hydrogen-bond donors (Lipinski definition) is 2. The molecular formula is C20H23ClN4O. The molecule has 26 heavy (non-hydrogen) atoms. The summed E-state index contributed by atoms with van der Waals surface area (Å²) >= 11 is 6.16. The van der Waals surface area contributed by atoms with Gasteiger partial charge in [0.1, 0.15) is 12.4 Å². The molecule has 0 fully saturated rings. The van der Waals surface area contributed by atoms with Crippen molar-refractivity contribution < 1.29 is 4.74 Å². The highest BCUT2D eigenvalue weighted by Crippen LogP contribution is 2.23. The van der Waals surface area contributed by atoms with Crippen molar-refractivity contribution in [2.75, 3.05) is 6.54 Å². The monoisotopic (exact) mass is 370 g/mol. The average molecular weight is 371 g/mol. The normalized spacial score (nSPS) is 10.8. The number of pyridine rings is 1. The van der Waals surface area contributed by atoms with Crippen LogP contribution in [-0.2, 0) is 19.6 Å². The van der Waals surface area contributed by atoms with Gasteiger partial charge in [0.05, 0.1) is 6.20 Å². The van der Waals surface area contributed by atoms with Crippen LogP contribution in [0.15, 0.2) is 48.9 Å². The van der Waals surface area contributed by atoms with Gasteiger partial charge >= 0.3 is 0 Å². The topological polar surface area (TPSA) is 62.8 Å². The Morgan fingerprint density at radius 1 is 1.19 bits per heavy atom. The van der Waals surface area contributed by atoms with E-state index < -0.39 is 0 Å². The molecular weight excluding hydrogens is 348 g/mol. The summed E-state index contributed by atoms with van der Waals surface area (Å²) in [6, 6.07) is 9.63. The van der Waals surface area contributed by atoms with Crippen molar-refractivity contribution in [3.05, 3.63) is 76.3 Å². The standard InChI is InChI=1S/C20H23ClN4O/c1-15-17(13-24-25-15)5-3-9-23-12-18-10-19(21)6-7-20(18)26-14-16-4-2-8-22-11-16/h2,4,6-8,10-11,13,23H,3,5,9,12,14H2,1H3,(H,24,25). The predicted octanol–water partition coefficient (Wildman–Crippen LogP) is 4.07. The summed E-state index contributed by atoms with van der Waals surface area (Å²) in [7, 11) is 0. The maximum atomic E-state index is 6.16. The maximum absolute atomic E-state index is 6.16. The number of hydrogen-bond acceptors (Lipinski definition) is 4.